The van der Waals surface area contributed by atoms with E-state index < -0.39 is 0 Å². The SMILES string of the molecule is CCC(C)NCCC(=O)N1CCN(C=O)CC1. The number of rotatable bonds is 6. The fraction of sp³-hybridized carbons (Fsp3) is 0.833. The van der Waals surface area contributed by atoms with E-state index in [4.69, 9.17) is 0 Å². The van der Waals surface area contributed by atoms with Gasteiger partial charge in [-0.05, 0) is 13.3 Å². The van der Waals surface area contributed by atoms with Crippen molar-refractivity contribution in [2.75, 3.05) is 32.7 Å². The van der Waals surface area contributed by atoms with Gasteiger partial charge in [0.1, 0.15) is 0 Å². The molecule has 98 valence electrons. The van der Waals surface area contributed by atoms with Gasteiger partial charge in [-0.2, -0.15) is 0 Å². The van der Waals surface area contributed by atoms with Crippen LogP contribution in [0.5, 0.6) is 0 Å². The number of hydrogen-bond donors (Lipinski definition) is 1. The summed E-state index contributed by atoms with van der Waals surface area (Å²) in [5.74, 6) is 0.186. The van der Waals surface area contributed by atoms with E-state index in [1.165, 1.54) is 0 Å². The molecule has 2 amide bonds. The summed E-state index contributed by atoms with van der Waals surface area (Å²) in [7, 11) is 0. The highest BCUT2D eigenvalue weighted by molar-refractivity contribution is 5.76. The van der Waals surface area contributed by atoms with Gasteiger partial charge in [-0.25, -0.2) is 0 Å². The van der Waals surface area contributed by atoms with Crippen LogP contribution in [0.1, 0.15) is 26.7 Å². The second-order valence-corrected chi connectivity index (χ2v) is 4.54. The lowest BCUT2D eigenvalue weighted by atomic mass is 10.2. The topological polar surface area (TPSA) is 52.7 Å². The lowest BCUT2D eigenvalue weighted by Crippen LogP contribution is -2.48. The van der Waals surface area contributed by atoms with Crippen molar-refractivity contribution in [3.8, 4) is 0 Å². The van der Waals surface area contributed by atoms with E-state index in [0.717, 1.165) is 19.4 Å². The van der Waals surface area contributed by atoms with Crippen molar-refractivity contribution < 1.29 is 9.59 Å². The maximum absolute atomic E-state index is 11.8. The van der Waals surface area contributed by atoms with E-state index in [1.54, 1.807) is 4.90 Å². The molecule has 0 spiro atoms. The molecule has 1 atom stereocenters. The minimum atomic E-state index is 0.186. The molecule has 1 aliphatic rings. The molecule has 1 heterocycles. The monoisotopic (exact) mass is 241 g/mol. The highest BCUT2D eigenvalue weighted by atomic mass is 16.2. The number of hydrogen-bond acceptors (Lipinski definition) is 3. The van der Waals surface area contributed by atoms with Crippen molar-refractivity contribution in [3.63, 3.8) is 0 Å². The summed E-state index contributed by atoms with van der Waals surface area (Å²) in [5, 5.41) is 3.31. The number of amides is 2. The number of carbonyl (C=O) groups is 2. The predicted octanol–water partition coefficient (Wildman–Crippen LogP) is 0.0652. The van der Waals surface area contributed by atoms with Crippen LogP contribution in [-0.4, -0.2) is 60.9 Å². The molecular formula is C12H23N3O2. The van der Waals surface area contributed by atoms with Crippen LogP contribution < -0.4 is 5.32 Å². The van der Waals surface area contributed by atoms with Crippen LogP contribution in [0.15, 0.2) is 0 Å². The lowest BCUT2D eigenvalue weighted by molar-refractivity contribution is -0.135. The minimum Gasteiger partial charge on any atom is -0.342 e. The zero-order valence-corrected chi connectivity index (χ0v) is 10.8. The van der Waals surface area contributed by atoms with Crippen LogP contribution in [-0.2, 0) is 9.59 Å². The van der Waals surface area contributed by atoms with Gasteiger partial charge in [0.25, 0.3) is 0 Å². The van der Waals surface area contributed by atoms with Crippen LogP contribution in [0.3, 0.4) is 0 Å². The standard InChI is InChI=1S/C12H23N3O2/c1-3-11(2)13-5-4-12(17)15-8-6-14(10-16)7-9-15/h10-11,13H,3-9H2,1-2H3. The van der Waals surface area contributed by atoms with Crippen molar-refractivity contribution in [3.05, 3.63) is 0 Å². The Hall–Kier alpha value is -1.10. The molecule has 0 radical (unpaired) electrons. The summed E-state index contributed by atoms with van der Waals surface area (Å²) in [5.41, 5.74) is 0. The summed E-state index contributed by atoms with van der Waals surface area (Å²) >= 11 is 0. The van der Waals surface area contributed by atoms with Crippen molar-refractivity contribution in [1.82, 2.24) is 15.1 Å². The molecule has 1 fully saturated rings. The first-order chi connectivity index (χ1) is 8.17. The van der Waals surface area contributed by atoms with Gasteiger partial charge in [0, 0.05) is 45.2 Å². The largest absolute Gasteiger partial charge is 0.342 e. The Bertz CT molecular complexity index is 250. The maximum Gasteiger partial charge on any atom is 0.223 e. The van der Waals surface area contributed by atoms with E-state index in [9.17, 15) is 9.59 Å². The van der Waals surface area contributed by atoms with Crippen molar-refractivity contribution in [2.24, 2.45) is 0 Å². The maximum atomic E-state index is 11.8. The summed E-state index contributed by atoms with van der Waals surface area (Å²) in [6, 6.07) is 0.467. The Balaban J connectivity index is 2.18. The average molecular weight is 241 g/mol. The van der Waals surface area contributed by atoms with Gasteiger partial charge in [-0.1, -0.05) is 6.92 Å². The zero-order chi connectivity index (χ0) is 12.7. The van der Waals surface area contributed by atoms with Gasteiger partial charge in [-0.15, -0.1) is 0 Å². The number of piperazine rings is 1. The molecule has 17 heavy (non-hydrogen) atoms. The Kier molecular flexibility index (Phi) is 5.97. The fourth-order valence-electron chi connectivity index (χ4n) is 1.80. The van der Waals surface area contributed by atoms with Gasteiger partial charge in [0.15, 0.2) is 0 Å². The van der Waals surface area contributed by atoms with Gasteiger partial charge in [0.2, 0.25) is 12.3 Å². The van der Waals surface area contributed by atoms with Crippen molar-refractivity contribution >= 4 is 12.3 Å². The normalized spacial score (nSPS) is 18.0. The van der Waals surface area contributed by atoms with Crippen LogP contribution in [0.4, 0.5) is 0 Å². The molecule has 1 saturated heterocycles. The molecule has 0 aromatic carbocycles. The summed E-state index contributed by atoms with van der Waals surface area (Å²) in [4.78, 5) is 25.9. The zero-order valence-electron chi connectivity index (χ0n) is 10.8. The number of nitrogens with zero attached hydrogens (tertiary/aromatic N) is 2. The fourth-order valence-corrected chi connectivity index (χ4v) is 1.80. The molecule has 0 bridgehead atoms. The van der Waals surface area contributed by atoms with Gasteiger partial charge >= 0.3 is 0 Å². The molecule has 0 aliphatic carbocycles. The van der Waals surface area contributed by atoms with Crippen LogP contribution in [0.2, 0.25) is 0 Å². The van der Waals surface area contributed by atoms with Crippen LogP contribution in [0, 0.1) is 0 Å². The number of nitrogens with one attached hydrogen (secondary N) is 1. The predicted molar refractivity (Wildman–Crippen MR) is 66.6 cm³/mol. The first-order valence-corrected chi connectivity index (χ1v) is 6.38. The summed E-state index contributed by atoms with van der Waals surface area (Å²) in [6.07, 6.45) is 2.48. The minimum absolute atomic E-state index is 0.186. The Morgan fingerprint density at radius 3 is 2.53 bits per heavy atom. The highest BCUT2D eigenvalue weighted by Gasteiger charge is 2.19. The van der Waals surface area contributed by atoms with Gasteiger partial charge < -0.3 is 15.1 Å². The van der Waals surface area contributed by atoms with Crippen LogP contribution in [0.25, 0.3) is 0 Å². The molecule has 1 rings (SSSR count). The molecule has 5 heteroatoms. The first kappa shape index (κ1) is 14.0. The van der Waals surface area contributed by atoms with Crippen LogP contribution >= 0.6 is 0 Å². The van der Waals surface area contributed by atoms with Gasteiger partial charge in [-0.3, -0.25) is 9.59 Å². The molecule has 1 N–H and O–H groups in total. The van der Waals surface area contributed by atoms with Crippen molar-refractivity contribution in [1.29, 1.82) is 0 Å². The third-order valence-electron chi connectivity index (χ3n) is 3.26. The Labute approximate surface area is 103 Å². The molecule has 5 nitrogen and oxygen atoms in total. The third kappa shape index (κ3) is 4.73. The van der Waals surface area contributed by atoms with Crippen molar-refractivity contribution in [2.45, 2.75) is 32.7 Å². The van der Waals surface area contributed by atoms with E-state index >= 15 is 0 Å². The van der Waals surface area contributed by atoms with E-state index in [1.807, 2.05) is 4.90 Å². The van der Waals surface area contributed by atoms with E-state index in [2.05, 4.69) is 19.2 Å². The molecule has 0 saturated carbocycles. The van der Waals surface area contributed by atoms with E-state index in [0.29, 0.717) is 38.6 Å². The summed E-state index contributed by atoms with van der Waals surface area (Å²) < 4.78 is 0. The highest BCUT2D eigenvalue weighted by Crippen LogP contribution is 2.02. The first-order valence-electron chi connectivity index (χ1n) is 6.38. The second-order valence-electron chi connectivity index (χ2n) is 4.54. The molecule has 1 aliphatic heterocycles. The average Bonchev–Trinajstić information content (AvgIpc) is 2.38. The molecule has 1 unspecified atom stereocenters. The van der Waals surface area contributed by atoms with E-state index in [-0.39, 0.29) is 5.91 Å². The Morgan fingerprint density at radius 2 is 2.00 bits per heavy atom. The summed E-state index contributed by atoms with van der Waals surface area (Å²) in [6.45, 7) is 7.64. The van der Waals surface area contributed by atoms with Gasteiger partial charge in [0.05, 0.1) is 0 Å². The Morgan fingerprint density at radius 1 is 1.35 bits per heavy atom. The smallest absolute Gasteiger partial charge is 0.223 e. The number of carbonyl (C=O) groups excluding carboxylic acids is 2. The quantitative estimate of drug-likeness (QED) is 0.669. The molecule has 0 aromatic rings. The third-order valence-corrected chi connectivity index (χ3v) is 3.26. The lowest BCUT2D eigenvalue weighted by Gasteiger charge is -2.32. The molecule has 0 aromatic heterocycles. The molecular weight excluding hydrogens is 218 g/mol. The second kappa shape index (κ2) is 7.27.